The van der Waals surface area contributed by atoms with Crippen LogP contribution in [-0.2, 0) is 6.42 Å². The molecule has 0 saturated heterocycles. The highest BCUT2D eigenvalue weighted by Gasteiger charge is 2.17. The van der Waals surface area contributed by atoms with E-state index in [1.807, 2.05) is 0 Å². The molecule has 0 nitrogen and oxygen atoms in total. The minimum Gasteiger partial charge on any atom is -0.0614 e. The minimum absolute atomic E-state index is 0.987. The Bertz CT molecular complexity index is 3330. The predicted molar refractivity (Wildman–Crippen MR) is 312 cm³/mol. The van der Waals surface area contributed by atoms with Gasteiger partial charge in [-0.1, -0.05) is 178 Å². The topological polar surface area (TPSA) is 0 Å². The average Bonchev–Trinajstić information content (AvgIpc) is 3.34. The summed E-state index contributed by atoms with van der Waals surface area (Å²) in [5.74, 6) is 0. The normalized spacial score (nSPS) is 11.3. The van der Waals surface area contributed by atoms with Gasteiger partial charge in [-0.2, -0.15) is 0 Å². The molecule has 0 heterocycles. The van der Waals surface area contributed by atoms with Gasteiger partial charge >= 0.3 is 0 Å². The number of hydrogen-bond donors (Lipinski definition) is 0. The summed E-state index contributed by atoms with van der Waals surface area (Å²) in [6.07, 6.45) is 0.987. The molecule has 0 saturated carbocycles. The van der Waals surface area contributed by atoms with Gasteiger partial charge in [-0.3, -0.25) is 0 Å². The van der Waals surface area contributed by atoms with Crippen molar-refractivity contribution >= 4 is 0 Å². The number of hydrogen-bond acceptors (Lipinski definition) is 0. The van der Waals surface area contributed by atoms with Gasteiger partial charge in [0, 0.05) is 0 Å². The van der Waals surface area contributed by atoms with Crippen LogP contribution in [-0.4, -0.2) is 0 Å². The highest BCUT2D eigenvalue weighted by molar-refractivity contribution is 5.91. The molecule has 0 N–H and O–H groups in total. The lowest BCUT2D eigenvalue weighted by molar-refractivity contribution is 1.13. The van der Waals surface area contributed by atoms with E-state index in [9.17, 15) is 0 Å². The van der Waals surface area contributed by atoms with Gasteiger partial charge in [0.1, 0.15) is 0 Å². The Hall–Kier alpha value is -7.80. The van der Waals surface area contributed by atoms with Crippen LogP contribution in [0.15, 0.2) is 188 Å². The Morgan fingerprint density at radius 1 is 0.181 bits per heavy atom. The van der Waals surface area contributed by atoms with Crippen molar-refractivity contribution in [2.24, 2.45) is 0 Å². The first-order chi connectivity index (χ1) is 34.6. The van der Waals surface area contributed by atoms with E-state index in [-0.39, 0.29) is 0 Å². The van der Waals surface area contributed by atoms with Crippen LogP contribution in [0, 0.1) is 69.2 Å². The zero-order valence-corrected chi connectivity index (χ0v) is 44.1. The van der Waals surface area contributed by atoms with Crippen molar-refractivity contribution < 1.29 is 0 Å². The Kier molecular flexibility index (Phi) is 13.1. The fraction of sp³-hybridized carbons (Fsp3) is 0.167. The van der Waals surface area contributed by atoms with Crippen LogP contribution >= 0.6 is 0 Å². The van der Waals surface area contributed by atoms with Gasteiger partial charge in [0.2, 0.25) is 0 Å². The lowest BCUT2D eigenvalue weighted by atomic mass is 9.86. The van der Waals surface area contributed by atoms with E-state index >= 15 is 0 Å². The summed E-state index contributed by atoms with van der Waals surface area (Å²) < 4.78 is 0. The zero-order valence-electron chi connectivity index (χ0n) is 44.1. The van der Waals surface area contributed by atoms with Crippen molar-refractivity contribution in [3.05, 3.63) is 249 Å². The first kappa shape index (κ1) is 47.9. The van der Waals surface area contributed by atoms with Crippen molar-refractivity contribution in [3.8, 4) is 100 Å². The summed E-state index contributed by atoms with van der Waals surface area (Å²) in [6, 6.07) is 72.8. The van der Waals surface area contributed by atoms with Crippen molar-refractivity contribution in [2.75, 3.05) is 0 Å². The van der Waals surface area contributed by atoms with Gasteiger partial charge in [-0.25, -0.2) is 0 Å². The maximum absolute atomic E-state index is 2.45. The smallest absolute Gasteiger partial charge is 0.0171 e. The largest absolute Gasteiger partial charge is 0.0614 e. The molecule has 0 radical (unpaired) electrons. The second kappa shape index (κ2) is 19.8. The van der Waals surface area contributed by atoms with Gasteiger partial charge in [-0.15, -0.1) is 0 Å². The summed E-state index contributed by atoms with van der Waals surface area (Å²) in [5.41, 5.74) is 35.7. The van der Waals surface area contributed by atoms with Gasteiger partial charge < -0.3 is 0 Å². The van der Waals surface area contributed by atoms with E-state index in [1.165, 1.54) is 161 Å². The Balaban J connectivity index is 1.29. The molecule has 10 aromatic rings. The monoisotopic (exact) mass is 931 g/mol. The summed E-state index contributed by atoms with van der Waals surface area (Å²) >= 11 is 0. The van der Waals surface area contributed by atoms with Gasteiger partial charge in [0.25, 0.3) is 0 Å². The van der Waals surface area contributed by atoms with Gasteiger partial charge in [0.15, 0.2) is 0 Å². The summed E-state index contributed by atoms with van der Waals surface area (Å²) in [5, 5.41) is 0. The first-order valence-corrected chi connectivity index (χ1v) is 25.7. The van der Waals surface area contributed by atoms with E-state index in [0.717, 1.165) is 6.42 Å². The molecule has 10 aromatic carbocycles. The molecule has 0 aliphatic rings. The molecule has 0 atom stereocenters. The maximum Gasteiger partial charge on any atom is -0.0171 e. The summed E-state index contributed by atoms with van der Waals surface area (Å²) in [4.78, 5) is 0. The lowest BCUT2D eigenvalue weighted by Gasteiger charge is -2.18. The molecule has 0 amide bonds. The molecule has 0 spiro atoms. The van der Waals surface area contributed by atoms with Crippen molar-refractivity contribution in [1.82, 2.24) is 0 Å². The molecule has 10 rings (SSSR count). The van der Waals surface area contributed by atoms with Crippen LogP contribution in [0.2, 0.25) is 0 Å². The second-order valence-electron chi connectivity index (χ2n) is 21.1. The highest BCUT2D eigenvalue weighted by atomic mass is 14.2. The predicted octanol–water partition coefficient (Wildman–Crippen LogP) is 20.3. The minimum atomic E-state index is 0.987. The molecule has 0 bridgehead atoms. The van der Waals surface area contributed by atoms with E-state index < -0.39 is 0 Å². The molecular formula is C72H66. The average molecular weight is 931 g/mol. The molecule has 354 valence electrons. The fourth-order valence-electron chi connectivity index (χ4n) is 11.1. The first-order valence-electron chi connectivity index (χ1n) is 25.7. The number of aryl methyl sites for hydroxylation is 11. The molecule has 72 heavy (non-hydrogen) atoms. The van der Waals surface area contributed by atoms with Crippen LogP contribution in [0.1, 0.15) is 68.1 Å². The van der Waals surface area contributed by atoms with E-state index in [2.05, 4.69) is 264 Å². The third kappa shape index (κ3) is 10.6. The third-order valence-electron chi connectivity index (χ3n) is 14.2. The van der Waals surface area contributed by atoms with Crippen LogP contribution in [0.5, 0.6) is 0 Å². The molecule has 0 aliphatic carbocycles. The van der Waals surface area contributed by atoms with Crippen LogP contribution in [0.4, 0.5) is 0 Å². The molecular weight excluding hydrogens is 865 g/mol. The molecule has 0 unspecified atom stereocenters. The van der Waals surface area contributed by atoms with Crippen molar-refractivity contribution in [2.45, 2.75) is 82.6 Å². The van der Waals surface area contributed by atoms with E-state index in [1.54, 1.807) is 0 Å². The maximum atomic E-state index is 2.45. The van der Waals surface area contributed by atoms with Gasteiger partial charge in [0.05, 0.1) is 0 Å². The Morgan fingerprint density at radius 3 is 0.611 bits per heavy atom. The quantitative estimate of drug-likeness (QED) is 0.128. The summed E-state index contributed by atoms with van der Waals surface area (Å²) in [6.45, 7) is 24.3. The van der Waals surface area contributed by atoms with E-state index in [0.29, 0.717) is 0 Å². The Labute approximate surface area is 429 Å². The summed E-state index contributed by atoms with van der Waals surface area (Å²) in [7, 11) is 0. The van der Waals surface area contributed by atoms with Crippen molar-refractivity contribution in [3.63, 3.8) is 0 Å². The van der Waals surface area contributed by atoms with Crippen LogP contribution < -0.4 is 0 Å². The fourth-order valence-corrected chi connectivity index (χ4v) is 11.1. The number of benzene rings is 10. The third-order valence-corrected chi connectivity index (χ3v) is 14.2. The molecule has 0 aromatic heterocycles. The zero-order chi connectivity index (χ0) is 50.4. The highest BCUT2D eigenvalue weighted by Crippen LogP contribution is 2.42. The molecule has 0 aliphatic heterocycles. The molecule has 0 heteroatoms. The number of rotatable bonds is 10. The van der Waals surface area contributed by atoms with Gasteiger partial charge in [-0.05, 0) is 254 Å². The lowest BCUT2D eigenvalue weighted by Crippen LogP contribution is -1.93. The molecule has 0 fully saturated rings. The SMILES string of the molecule is CCc1cc(C)cc(-c2cc(-c3cccc(C)c3)cc(-c3cc(-c4cc(-c5cc(C)cc(C)c5)cc(-c5cc(C)cc(C)c5)c4)cc(-c4cc(-c5cc(C)cc(C)c5)cc(-c5cc(C)cc(C)c5)c4)c3)c2)c1. The van der Waals surface area contributed by atoms with Crippen LogP contribution in [0.3, 0.4) is 0 Å². The van der Waals surface area contributed by atoms with Crippen molar-refractivity contribution in [1.29, 1.82) is 0 Å². The van der Waals surface area contributed by atoms with E-state index in [4.69, 9.17) is 0 Å². The standard InChI is InChI=1S/C72H66/c1-12-54-20-53(11)30-60(31-54)66-32-61(55-15-13-14-44(2)21-55)33-67(40-66)70-41-71(68-36-62(56-22-45(3)16-46(4)23-56)34-63(37-68)57-24-47(5)17-48(6)25-57)43-72(42-70)69-38-64(58-26-49(7)18-50(8)27-58)35-65(39-69)59-28-51(9)19-52(10)29-59/h13-43H,12H2,1-11H3. The van der Waals surface area contributed by atoms with Crippen LogP contribution in [0.25, 0.3) is 100 Å². The Morgan fingerprint density at radius 2 is 0.375 bits per heavy atom. The second-order valence-corrected chi connectivity index (χ2v) is 21.1.